The van der Waals surface area contributed by atoms with Crippen molar-refractivity contribution < 1.29 is 8.42 Å². The fourth-order valence-electron chi connectivity index (χ4n) is 1.52. The van der Waals surface area contributed by atoms with Gasteiger partial charge in [-0.15, -0.1) is 0 Å². The van der Waals surface area contributed by atoms with Gasteiger partial charge in [0, 0.05) is 11.9 Å². The molecule has 5 heteroatoms. The minimum absolute atomic E-state index is 0.267. The second kappa shape index (κ2) is 4.73. The normalized spacial score (nSPS) is 11.6. The lowest BCUT2D eigenvalue weighted by Crippen LogP contribution is -2.23. The monoisotopic (exact) mass is 250 g/mol. The highest BCUT2D eigenvalue weighted by Gasteiger charge is 2.13. The summed E-state index contributed by atoms with van der Waals surface area (Å²) >= 11 is 0. The van der Waals surface area contributed by atoms with Crippen LogP contribution in [0.3, 0.4) is 0 Å². The Morgan fingerprint density at radius 3 is 2.71 bits per heavy atom. The first kappa shape index (κ1) is 11.9. The second-order valence-electron chi connectivity index (χ2n) is 3.84. The van der Waals surface area contributed by atoms with Crippen LogP contribution >= 0.6 is 0 Å². The van der Waals surface area contributed by atoms with Gasteiger partial charge in [-0.05, 0) is 36.8 Å². The van der Waals surface area contributed by atoms with Gasteiger partial charge in [-0.25, -0.2) is 13.1 Å². The molecule has 2 aromatic rings. The molecular weight excluding hydrogens is 236 g/mol. The fraction of sp³-hybridized carbons (Fsp3) is 0.167. The maximum atomic E-state index is 12.0. The molecule has 0 atom stereocenters. The quantitative estimate of drug-likeness (QED) is 0.869. The molecule has 0 aliphatic rings. The van der Waals surface area contributed by atoms with E-state index < -0.39 is 10.0 Å². The van der Waals surface area contributed by atoms with E-state index in [-0.39, 0.29) is 6.54 Å². The van der Waals surface area contributed by atoms with Crippen LogP contribution < -0.4 is 4.72 Å². The highest BCUT2D eigenvalue weighted by atomic mass is 32.2. The Hall–Kier alpha value is -1.59. The van der Waals surface area contributed by atoms with Gasteiger partial charge in [0.05, 0.1) is 11.4 Å². The van der Waals surface area contributed by atoms with Crippen molar-refractivity contribution in [1.82, 2.24) is 9.71 Å². The predicted molar refractivity (Wildman–Crippen MR) is 66.0 cm³/mol. The summed E-state index contributed by atoms with van der Waals surface area (Å²) < 4.78 is 26.5. The third-order valence-corrected chi connectivity index (χ3v) is 3.81. The number of rotatable bonds is 4. The molecule has 0 aliphatic carbocycles. The summed E-state index contributed by atoms with van der Waals surface area (Å²) in [6.07, 6.45) is 1.76. The number of sulfonamides is 1. The minimum Gasteiger partial charge on any atom is -0.364 e. The van der Waals surface area contributed by atoms with Crippen molar-refractivity contribution in [2.75, 3.05) is 0 Å². The van der Waals surface area contributed by atoms with Crippen molar-refractivity contribution >= 4 is 10.0 Å². The van der Waals surface area contributed by atoms with E-state index in [1.807, 2.05) is 25.1 Å². The zero-order valence-corrected chi connectivity index (χ0v) is 10.3. The lowest BCUT2D eigenvalue weighted by molar-refractivity contribution is 0.580. The average molecular weight is 250 g/mol. The summed E-state index contributed by atoms with van der Waals surface area (Å²) in [5, 5.41) is 0. The minimum atomic E-state index is -3.43. The Balaban J connectivity index is 2.14. The Morgan fingerprint density at radius 2 is 2.06 bits per heavy atom. The molecule has 17 heavy (non-hydrogen) atoms. The summed E-state index contributed by atoms with van der Waals surface area (Å²) in [5.41, 5.74) is 1.76. The molecule has 0 bridgehead atoms. The maximum absolute atomic E-state index is 12.0. The Bertz CT molecular complexity index is 589. The van der Waals surface area contributed by atoms with Crippen LogP contribution in [0.5, 0.6) is 0 Å². The molecule has 1 aromatic carbocycles. The van der Waals surface area contributed by atoms with Gasteiger partial charge in [0.1, 0.15) is 0 Å². The number of hydrogen-bond donors (Lipinski definition) is 2. The average Bonchev–Trinajstić information content (AvgIpc) is 2.79. The lowest BCUT2D eigenvalue weighted by atomic mass is 10.2. The number of nitrogens with one attached hydrogen (secondary N) is 2. The van der Waals surface area contributed by atoms with Gasteiger partial charge in [-0.3, -0.25) is 0 Å². The zero-order valence-electron chi connectivity index (χ0n) is 9.47. The number of aromatic amines is 1. The van der Waals surface area contributed by atoms with Crippen LogP contribution in [-0.2, 0) is 16.6 Å². The number of benzene rings is 1. The first-order valence-corrected chi connectivity index (χ1v) is 6.75. The molecule has 0 aliphatic heterocycles. The van der Waals surface area contributed by atoms with Gasteiger partial charge in [-0.2, -0.15) is 0 Å². The molecule has 1 aromatic heterocycles. The predicted octanol–water partition coefficient (Wildman–Crippen LogP) is 1.80. The fourth-order valence-corrected chi connectivity index (χ4v) is 2.63. The summed E-state index contributed by atoms with van der Waals surface area (Å²) in [4.78, 5) is 3.24. The van der Waals surface area contributed by atoms with Crippen LogP contribution in [0.1, 0.15) is 11.3 Å². The third-order valence-electron chi connectivity index (χ3n) is 2.41. The van der Waals surface area contributed by atoms with E-state index in [0.29, 0.717) is 4.90 Å². The van der Waals surface area contributed by atoms with Crippen molar-refractivity contribution in [2.45, 2.75) is 18.4 Å². The Morgan fingerprint density at radius 1 is 1.24 bits per heavy atom. The smallest absolute Gasteiger partial charge is 0.240 e. The van der Waals surface area contributed by atoms with Crippen molar-refractivity contribution in [1.29, 1.82) is 0 Å². The highest BCUT2D eigenvalue weighted by molar-refractivity contribution is 7.89. The number of aryl methyl sites for hydroxylation is 1. The molecule has 0 unspecified atom stereocenters. The molecule has 0 spiro atoms. The van der Waals surface area contributed by atoms with E-state index in [1.54, 1.807) is 24.4 Å². The first-order chi connectivity index (χ1) is 8.08. The van der Waals surface area contributed by atoms with E-state index in [9.17, 15) is 8.42 Å². The van der Waals surface area contributed by atoms with Crippen LogP contribution in [0.4, 0.5) is 0 Å². The summed E-state index contributed by atoms with van der Waals surface area (Å²) in [7, 11) is -3.43. The molecule has 2 rings (SSSR count). The standard InChI is InChI=1S/C12H14N2O2S/c1-10-4-2-6-12(8-10)17(15,16)14-9-11-5-3-7-13-11/h2-8,13-14H,9H2,1H3. The van der Waals surface area contributed by atoms with E-state index in [4.69, 9.17) is 0 Å². The first-order valence-electron chi connectivity index (χ1n) is 5.26. The van der Waals surface area contributed by atoms with Gasteiger partial charge in [0.25, 0.3) is 0 Å². The van der Waals surface area contributed by atoms with Crippen LogP contribution in [0.15, 0.2) is 47.5 Å². The highest BCUT2D eigenvalue weighted by Crippen LogP contribution is 2.11. The number of aromatic nitrogens is 1. The van der Waals surface area contributed by atoms with Crippen LogP contribution in [0.2, 0.25) is 0 Å². The van der Waals surface area contributed by atoms with Crippen molar-refractivity contribution in [3.63, 3.8) is 0 Å². The van der Waals surface area contributed by atoms with E-state index in [1.165, 1.54) is 0 Å². The van der Waals surface area contributed by atoms with Crippen LogP contribution in [0.25, 0.3) is 0 Å². The molecule has 0 amide bonds. The van der Waals surface area contributed by atoms with Gasteiger partial charge in [0.15, 0.2) is 0 Å². The topological polar surface area (TPSA) is 62.0 Å². The number of H-pyrrole nitrogens is 1. The van der Waals surface area contributed by atoms with Crippen LogP contribution in [0, 0.1) is 6.92 Å². The van der Waals surface area contributed by atoms with Gasteiger partial charge >= 0.3 is 0 Å². The molecule has 90 valence electrons. The Kier molecular flexibility index (Phi) is 3.31. The maximum Gasteiger partial charge on any atom is 0.240 e. The van der Waals surface area contributed by atoms with Gasteiger partial charge in [-0.1, -0.05) is 12.1 Å². The molecular formula is C12H14N2O2S. The molecule has 0 radical (unpaired) electrons. The van der Waals surface area contributed by atoms with Crippen molar-refractivity contribution in [3.05, 3.63) is 53.9 Å². The van der Waals surface area contributed by atoms with Crippen molar-refractivity contribution in [2.24, 2.45) is 0 Å². The van der Waals surface area contributed by atoms with Crippen molar-refractivity contribution in [3.8, 4) is 0 Å². The largest absolute Gasteiger partial charge is 0.364 e. The third kappa shape index (κ3) is 2.95. The van der Waals surface area contributed by atoms with Gasteiger partial charge < -0.3 is 4.98 Å². The molecule has 0 fully saturated rings. The molecule has 0 saturated carbocycles. The molecule has 4 nitrogen and oxygen atoms in total. The van der Waals surface area contributed by atoms with Gasteiger partial charge in [0.2, 0.25) is 10.0 Å². The van der Waals surface area contributed by atoms with E-state index >= 15 is 0 Å². The summed E-state index contributed by atoms with van der Waals surface area (Å²) in [5.74, 6) is 0. The molecule has 0 saturated heterocycles. The summed E-state index contributed by atoms with van der Waals surface area (Å²) in [6.45, 7) is 2.13. The number of hydrogen-bond acceptors (Lipinski definition) is 2. The van der Waals surface area contributed by atoms with Crippen LogP contribution in [-0.4, -0.2) is 13.4 Å². The molecule has 2 N–H and O–H groups in total. The lowest BCUT2D eigenvalue weighted by Gasteiger charge is -2.06. The second-order valence-corrected chi connectivity index (χ2v) is 5.60. The SMILES string of the molecule is Cc1cccc(S(=O)(=O)NCc2ccc[nH]2)c1. The van der Waals surface area contributed by atoms with E-state index in [2.05, 4.69) is 9.71 Å². The zero-order chi connectivity index (χ0) is 12.3. The molecule has 1 heterocycles. The van der Waals surface area contributed by atoms with E-state index in [0.717, 1.165) is 11.3 Å². The Labute approximate surface area is 101 Å². The summed E-state index contributed by atoms with van der Waals surface area (Å²) in [6, 6.07) is 10.5.